The summed E-state index contributed by atoms with van der Waals surface area (Å²) in [7, 11) is 1.99. The Labute approximate surface area is 95.6 Å². The van der Waals surface area contributed by atoms with E-state index in [2.05, 4.69) is 5.32 Å². The molecule has 1 N–H and O–H groups in total. The Bertz CT molecular complexity index is 347. The third kappa shape index (κ3) is 2.44. The zero-order valence-electron chi connectivity index (χ0n) is 9.09. The van der Waals surface area contributed by atoms with E-state index in [0.717, 1.165) is 29.2 Å². The summed E-state index contributed by atoms with van der Waals surface area (Å²) in [6.45, 7) is 1.99. The van der Waals surface area contributed by atoms with Crippen molar-refractivity contribution in [2.75, 3.05) is 7.05 Å². The molecular weight excluding hydrogens is 210 g/mol. The lowest BCUT2D eigenvalue weighted by atomic mass is 9.89. The van der Waals surface area contributed by atoms with Crippen molar-refractivity contribution in [2.24, 2.45) is 0 Å². The Balaban J connectivity index is 1.92. The molecule has 0 amide bonds. The van der Waals surface area contributed by atoms with E-state index in [1.54, 1.807) is 0 Å². The molecule has 0 aromatic heterocycles. The Hall–Kier alpha value is -0.730. The molecule has 3 heteroatoms. The average molecular weight is 226 g/mol. The predicted octanol–water partition coefficient (Wildman–Crippen LogP) is 2.78. The van der Waals surface area contributed by atoms with Crippen LogP contribution in [0.2, 0.25) is 5.02 Å². The summed E-state index contributed by atoms with van der Waals surface area (Å²) in [6, 6.07) is 6.45. The average Bonchev–Trinajstić information content (AvgIpc) is 2.16. The van der Waals surface area contributed by atoms with Crippen LogP contribution in [-0.4, -0.2) is 19.2 Å². The smallest absolute Gasteiger partial charge is 0.120 e. The first-order valence-corrected chi connectivity index (χ1v) is 5.67. The second kappa shape index (κ2) is 4.42. The molecule has 15 heavy (non-hydrogen) atoms. The van der Waals surface area contributed by atoms with Gasteiger partial charge in [-0.3, -0.25) is 0 Å². The molecular formula is C12H16ClNO. The van der Waals surface area contributed by atoms with Crippen molar-refractivity contribution in [2.45, 2.75) is 31.9 Å². The van der Waals surface area contributed by atoms with Crippen molar-refractivity contribution in [1.82, 2.24) is 5.32 Å². The van der Waals surface area contributed by atoms with E-state index in [4.69, 9.17) is 16.3 Å². The number of benzene rings is 1. The van der Waals surface area contributed by atoms with Crippen molar-refractivity contribution in [1.29, 1.82) is 0 Å². The van der Waals surface area contributed by atoms with Crippen LogP contribution in [0.1, 0.15) is 18.4 Å². The van der Waals surface area contributed by atoms with Gasteiger partial charge in [0.25, 0.3) is 0 Å². The number of nitrogens with one attached hydrogen (secondary N) is 1. The highest BCUT2D eigenvalue weighted by atomic mass is 35.5. The summed E-state index contributed by atoms with van der Waals surface area (Å²) in [5.41, 5.74) is 1.07. The standard InChI is InChI=1S/C12H16ClNO/c1-8-5-10(3-4-12(8)13)15-11-6-9(7-11)14-2/h3-5,9,11,14H,6-7H2,1-2H3. The van der Waals surface area contributed by atoms with Gasteiger partial charge in [0.1, 0.15) is 11.9 Å². The predicted molar refractivity (Wildman–Crippen MR) is 62.7 cm³/mol. The molecule has 0 spiro atoms. The molecule has 2 rings (SSSR count). The highest BCUT2D eigenvalue weighted by molar-refractivity contribution is 6.31. The van der Waals surface area contributed by atoms with Crippen LogP contribution in [0.4, 0.5) is 0 Å². The van der Waals surface area contributed by atoms with Crippen LogP contribution in [0.15, 0.2) is 18.2 Å². The van der Waals surface area contributed by atoms with Crippen LogP contribution in [0.3, 0.4) is 0 Å². The molecule has 1 fully saturated rings. The van der Waals surface area contributed by atoms with Crippen LogP contribution < -0.4 is 10.1 Å². The van der Waals surface area contributed by atoms with Crippen LogP contribution in [0.25, 0.3) is 0 Å². The number of ether oxygens (including phenoxy) is 1. The topological polar surface area (TPSA) is 21.3 Å². The fraction of sp³-hybridized carbons (Fsp3) is 0.500. The zero-order chi connectivity index (χ0) is 10.8. The maximum Gasteiger partial charge on any atom is 0.120 e. The quantitative estimate of drug-likeness (QED) is 0.854. The second-order valence-electron chi connectivity index (χ2n) is 4.11. The van der Waals surface area contributed by atoms with Gasteiger partial charge in [0.15, 0.2) is 0 Å². The van der Waals surface area contributed by atoms with Gasteiger partial charge in [-0.25, -0.2) is 0 Å². The first-order valence-electron chi connectivity index (χ1n) is 5.29. The summed E-state index contributed by atoms with van der Waals surface area (Å²) in [5.74, 6) is 0.927. The minimum absolute atomic E-state index is 0.364. The van der Waals surface area contributed by atoms with E-state index >= 15 is 0 Å². The van der Waals surface area contributed by atoms with Crippen LogP contribution in [0.5, 0.6) is 5.75 Å². The fourth-order valence-corrected chi connectivity index (χ4v) is 1.90. The number of aryl methyl sites for hydroxylation is 1. The number of hydrogen-bond donors (Lipinski definition) is 1. The minimum Gasteiger partial charge on any atom is -0.490 e. The van der Waals surface area contributed by atoms with Gasteiger partial charge >= 0.3 is 0 Å². The van der Waals surface area contributed by atoms with Gasteiger partial charge in [-0.1, -0.05) is 11.6 Å². The van der Waals surface area contributed by atoms with Gasteiger partial charge < -0.3 is 10.1 Å². The molecule has 0 aliphatic heterocycles. The van der Waals surface area contributed by atoms with E-state index in [9.17, 15) is 0 Å². The highest BCUT2D eigenvalue weighted by Gasteiger charge is 2.29. The zero-order valence-corrected chi connectivity index (χ0v) is 9.84. The lowest BCUT2D eigenvalue weighted by molar-refractivity contribution is 0.0884. The Kier molecular flexibility index (Phi) is 3.17. The van der Waals surface area contributed by atoms with Gasteiger partial charge in [-0.2, -0.15) is 0 Å². The van der Waals surface area contributed by atoms with E-state index in [1.165, 1.54) is 0 Å². The molecule has 1 aromatic carbocycles. The van der Waals surface area contributed by atoms with Crippen LogP contribution in [0, 0.1) is 6.92 Å². The number of rotatable bonds is 3. The largest absolute Gasteiger partial charge is 0.490 e. The molecule has 0 heterocycles. The Morgan fingerprint density at radius 2 is 2.13 bits per heavy atom. The van der Waals surface area contributed by atoms with Crippen LogP contribution in [-0.2, 0) is 0 Å². The maximum absolute atomic E-state index is 5.95. The molecule has 1 aliphatic carbocycles. The number of halogens is 1. The fourth-order valence-electron chi connectivity index (χ4n) is 1.78. The molecule has 1 saturated carbocycles. The van der Waals surface area contributed by atoms with Crippen molar-refractivity contribution in [3.8, 4) is 5.75 Å². The molecule has 0 bridgehead atoms. The van der Waals surface area contributed by atoms with Crippen molar-refractivity contribution >= 4 is 11.6 Å². The van der Waals surface area contributed by atoms with E-state index < -0.39 is 0 Å². The molecule has 0 atom stereocenters. The summed E-state index contributed by atoms with van der Waals surface area (Å²) >= 11 is 5.95. The molecule has 0 saturated heterocycles. The normalized spacial score (nSPS) is 24.7. The van der Waals surface area contributed by atoms with E-state index in [0.29, 0.717) is 12.1 Å². The highest BCUT2D eigenvalue weighted by Crippen LogP contribution is 2.27. The Morgan fingerprint density at radius 1 is 1.40 bits per heavy atom. The monoisotopic (exact) mass is 225 g/mol. The van der Waals surface area contributed by atoms with Crippen molar-refractivity contribution in [3.05, 3.63) is 28.8 Å². The summed E-state index contributed by atoms with van der Waals surface area (Å²) in [4.78, 5) is 0. The van der Waals surface area contributed by atoms with Gasteiger partial charge in [-0.15, -0.1) is 0 Å². The van der Waals surface area contributed by atoms with E-state index in [-0.39, 0.29) is 0 Å². The lowest BCUT2D eigenvalue weighted by Gasteiger charge is -2.35. The molecule has 0 radical (unpaired) electrons. The summed E-state index contributed by atoms with van der Waals surface area (Å²) in [6.07, 6.45) is 2.55. The molecule has 2 nitrogen and oxygen atoms in total. The maximum atomic E-state index is 5.95. The SMILES string of the molecule is CNC1CC(Oc2ccc(Cl)c(C)c2)C1. The van der Waals surface area contributed by atoms with Crippen molar-refractivity contribution in [3.63, 3.8) is 0 Å². The molecule has 1 aromatic rings. The van der Waals surface area contributed by atoms with Gasteiger partial charge in [0.05, 0.1) is 0 Å². The van der Waals surface area contributed by atoms with Crippen LogP contribution >= 0.6 is 11.6 Å². The first-order chi connectivity index (χ1) is 7.19. The number of hydrogen-bond acceptors (Lipinski definition) is 2. The lowest BCUT2D eigenvalue weighted by Crippen LogP contribution is -2.45. The summed E-state index contributed by atoms with van der Waals surface area (Å²) in [5, 5.41) is 4.03. The van der Waals surface area contributed by atoms with E-state index in [1.807, 2.05) is 32.2 Å². The molecule has 1 aliphatic rings. The van der Waals surface area contributed by atoms with Gasteiger partial charge in [0.2, 0.25) is 0 Å². The van der Waals surface area contributed by atoms with Gasteiger partial charge in [0, 0.05) is 11.1 Å². The third-order valence-electron chi connectivity index (χ3n) is 2.94. The minimum atomic E-state index is 0.364. The second-order valence-corrected chi connectivity index (χ2v) is 4.52. The Morgan fingerprint density at radius 3 is 2.73 bits per heavy atom. The van der Waals surface area contributed by atoms with Crippen molar-refractivity contribution < 1.29 is 4.74 Å². The molecule has 82 valence electrons. The molecule has 0 unspecified atom stereocenters. The van der Waals surface area contributed by atoms with Gasteiger partial charge in [-0.05, 0) is 50.6 Å². The first kappa shape index (κ1) is 10.8. The summed E-state index contributed by atoms with van der Waals surface area (Å²) < 4.78 is 5.82. The third-order valence-corrected chi connectivity index (χ3v) is 3.36.